The minimum atomic E-state index is -3.76. The van der Waals surface area contributed by atoms with Crippen molar-refractivity contribution in [1.82, 2.24) is 0 Å². The molecule has 0 aliphatic heterocycles. The van der Waals surface area contributed by atoms with Crippen LogP contribution in [0.1, 0.15) is 18.1 Å². The number of allylic oxidation sites excluding steroid dienone is 1. The first kappa shape index (κ1) is 18.8. The first-order chi connectivity index (χ1) is 11.3. The van der Waals surface area contributed by atoms with Gasteiger partial charge in [0.2, 0.25) is 9.84 Å². The fraction of sp³-hybridized carbons (Fsp3) is 0.0556. The Balaban J connectivity index is 2.42. The molecule has 24 heavy (non-hydrogen) atoms. The number of hydrogen-bond acceptors (Lipinski definition) is 3. The molecule has 3 nitrogen and oxygen atoms in total. The van der Waals surface area contributed by atoms with Gasteiger partial charge in [-0.1, -0.05) is 56.1 Å². The zero-order valence-electron chi connectivity index (χ0n) is 12.7. The number of sulfone groups is 1. The number of hydrogen-bond donors (Lipinski definition) is 0. The highest BCUT2D eigenvalue weighted by Crippen LogP contribution is 2.25. The van der Waals surface area contributed by atoms with Crippen LogP contribution in [0.2, 0.25) is 0 Å². The van der Waals surface area contributed by atoms with Crippen molar-refractivity contribution in [3.63, 3.8) is 0 Å². The van der Waals surface area contributed by atoms with Crippen molar-refractivity contribution >= 4 is 58.5 Å². The number of rotatable bonds is 5. The van der Waals surface area contributed by atoms with Crippen molar-refractivity contribution in [3.05, 3.63) is 80.1 Å². The van der Waals surface area contributed by atoms with E-state index in [1.165, 1.54) is 13.0 Å². The van der Waals surface area contributed by atoms with Gasteiger partial charge in [0.15, 0.2) is 5.78 Å². The summed E-state index contributed by atoms with van der Waals surface area (Å²) < 4.78 is 27.1. The van der Waals surface area contributed by atoms with E-state index in [2.05, 4.69) is 31.9 Å². The molecular formula is C18H14Br2O3S. The highest BCUT2D eigenvalue weighted by Gasteiger charge is 2.17. The third-order valence-electron chi connectivity index (χ3n) is 3.08. The average molecular weight is 470 g/mol. The van der Waals surface area contributed by atoms with Crippen LogP contribution in [-0.2, 0) is 14.6 Å². The van der Waals surface area contributed by atoms with E-state index in [0.29, 0.717) is 5.56 Å². The van der Waals surface area contributed by atoms with Crippen molar-refractivity contribution in [1.29, 1.82) is 0 Å². The molecule has 0 fully saturated rings. The monoisotopic (exact) mass is 468 g/mol. The second kappa shape index (κ2) is 8.05. The van der Waals surface area contributed by atoms with Crippen LogP contribution < -0.4 is 0 Å². The number of ketones is 1. The van der Waals surface area contributed by atoms with Crippen LogP contribution in [0.4, 0.5) is 0 Å². The molecule has 0 saturated carbocycles. The topological polar surface area (TPSA) is 51.2 Å². The highest BCUT2D eigenvalue weighted by atomic mass is 79.9. The van der Waals surface area contributed by atoms with Crippen molar-refractivity contribution in [3.8, 4) is 0 Å². The number of carbonyl (C=O) groups is 1. The lowest BCUT2D eigenvalue weighted by atomic mass is 10.2. The summed E-state index contributed by atoms with van der Waals surface area (Å²) in [5.41, 5.74) is 1.22. The maximum absolute atomic E-state index is 12.7. The van der Waals surface area contributed by atoms with Crippen molar-refractivity contribution in [2.24, 2.45) is 0 Å². The predicted molar refractivity (Wildman–Crippen MR) is 105 cm³/mol. The Labute approximate surface area is 158 Å². The Morgan fingerprint density at radius 3 is 1.92 bits per heavy atom. The van der Waals surface area contributed by atoms with Crippen LogP contribution in [0.25, 0.3) is 11.0 Å². The number of benzene rings is 2. The quantitative estimate of drug-likeness (QED) is 0.563. The minimum absolute atomic E-state index is 0.0177. The first-order valence-electron chi connectivity index (χ1n) is 6.95. The van der Waals surface area contributed by atoms with E-state index in [4.69, 9.17) is 0 Å². The second-order valence-electron chi connectivity index (χ2n) is 5.03. The largest absolute Gasteiger partial charge is 0.295 e. The van der Waals surface area contributed by atoms with Gasteiger partial charge in [-0.2, -0.15) is 0 Å². The predicted octanol–water partition coefficient (Wildman–Crippen LogP) is 5.23. The van der Waals surface area contributed by atoms with Crippen LogP contribution in [0, 0.1) is 0 Å². The molecule has 0 unspecified atom stereocenters. The molecule has 0 aliphatic rings. The number of halogens is 2. The van der Waals surface area contributed by atoms with E-state index < -0.39 is 9.84 Å². The normalized spacial score (nSPS) is 12.5. The molecule has 0 heterocycles. The molecule has 6 heteroatoms. The third kappa shape index (κ3) is 5.26. The summed E-state index contributed by atoms with van der Waals surface area (Å²) in [5, 5.41) is 1.12. The molecule has 124 valence electrons. The van der Waals surface area contributed by atoms with E-state index in [1.54, 1.807) is 36.4 Å². The molecule has 0 aromatic heterocycles. The summed E-state index contributed by atoms with van der Waals surface area (Å²) in [4.78, 5) is 11.5. The summed E-state index contributed by atoms with van der Waals surface area (Å²) in [5.74, 6) is -0.325. The van der Waals surface area contributed by atoms with Gasteiger partial charge in [0.1, 0.15) is 0 Å². The Bertz CT molecular complexity index is 894. The molecule has 0 bridgehead atoms. The van der Waals surface area contributed by atoms with Gasteiger partial charge in [0.05, 0.1) is 4.91 Å². The van der Waals surface area contributed by atoms with E-state index in [9.17, 15) is 13.2 Å². The van der Waals surface area contributed by atoms with Crippen LogP contribution >= 0.6 is 31.9 Å². The lowest BCUT2D eigenvalue weighted by Crippen LogP contribution is -2.02. The third-order valence-corrected chi connectivity index (χ3v) is 5.60. The molecule has 2 rings (SSSR count). The van der Waals surface area contributed by atoms with Gasteiger partial charge in [-0.3, -0.25) is 4.79 Å². The Hall–Kier alpha value is -1.50. The van der Waals surface area contributed by atoms with E-state index >= 15 is 0 Å². The summed E-state index contributed by atoms with van der Waals surface area (Å²) in [6.45, 7) is 1.33. The van der Waals surface area contributed by atoms with Gasteiger partial charge in [0.25, 0.3) is 0 Å². The molecule has 2 aromatic carbocycles. The highest BCUT2D eigenvalue weighted by molar-refractivity contribution is 9.10. The summed E-state index contributed by atoms with van der Waals surface area (Å²) in [6.07, 6.45) is 2.65. The zero-order chi connectivity index (χ0) is 17.7. The molecule has 0 radical (unpaired) electrons. The second-order valence-corrected chi connectivity index (χ2v) is 8.66. The lowest BCUT2D eigenvalue weighted by molar-refractivity contribution is -0.112. The molecule has 2 aromatic rings. The summed E-state index contributed by atoms with van der Waals surface area (Å²) >= 11 is 6.64. The number of carbonyl (C=O) groups excluding carboxylic acids is 1. The van der Waals surface area contributed by atoms with Crippen molar-refractivity contribution in [2.45, 2.75) is 6.92 Å². The Kier molecular flexibility index (Phi) is 6.32. The van der Waals surface area contributed by atoms with Gasteiger partial charge < -0.3 is 0 Å². The standard InChI is InChI=1S/C18H14Br2O3S/c1-13(21)12-18(15-4-8-17(20)9-5-15)24(22,23)11-10-14-2-6-16(19)7-3-14/h2-12H,1H3/b11-10?,18-12+. The van der Waals surface area contributed by atoms with Gasteiger partial charge in [-0.25, -0.2) is 8.42 Å². The summed E-state index contributed by atoms with van der Waals surface area (Å²) in [6, 6.07) is 14.0. The lowest BCUT2D eigenvalue weighted by Gasteiger charge is -2.06. The molecule has 0 N–H and O–H groups in total. The van der Waals surface area contributed by atoms with Gasteiger partial charge in [-0.15, -0.1) is 0 Å². The maximum atomic E-state index is 12.7. The van der Waals surface area contributed by atoms with Crippen molar-refractivity contribution < 1.29 is 13.2 Å². The first-order valence-corrected chi connectivity index (χ1v) is 10.1. The fourth-order valence-corrected chi connectivity index (χ4v) is 3.75. The van der Waals surface area contributed by atoms with E-state index in [-0.39, 0.29) is 10.7 Å². The Morgan fingerprint density at radius 2 is 1.42 bits per heavy atom. The van der Waals surface area contributed by atoms with Gasteiger partial charge >= 0.3 is 0 Å². The van der Waals surface area contributed by atoms with Crippen LogP contribution in [0.3, 0.4) is 0 Å². The van der Waals surface area contributed by atoms with Crippen molar-refractivity contribution in [2.75, 3.05) is 0 Å². The molecule has 0 saturated heterocycles. The van der Waals surface area contributed by atoms with Gasteiger partial charge in [0, 0.05) is 20.4 Å². The smallest absolute Gasteiger partial charge is 0.200 e. The maximum Gasteiger partial charge on any atom is 0.200 e. The summed E-state index contributed by atoms with van der Waals surface area (Å²) in [7, 11) is -3.76. The molecule has 0 spiro atoms. The zero-order valence-corrected chi connectivity index (χ0v) is 16.7. The van der Waals surface area contributed by atoms with Crippen LogP contribution in [0.15, 0.2) is 69.0 Å². The average Bonchev–Trinajstić information content (AvgIpc) is 2.53. The van der Waals surface area contributed by atoms with Crippen LogP contribution in [0.5, 0.6) is 0 Å². The molecule has 0 aliphatic carbocycles. The molecule has 0 amide bonds. The fourth-order valence-electron chi connectivity index (χ4n) is 1.94. The van der Waals surface area contributed by atoms with E-state index in [1.807, 2.05) is 12.1 Å². The van der Waals surface area contributed by atoms with Crippen LogP contribution in [-0.4, -0.2) is 14.2 Å². The SMILES string of the molecule is CC(=O)/C=C(\c1ccc(Br)cc1)S(=O)(=O)C=Cc1ccc(Br)cc1. The molecule has 0 atom stereocenters. The van der Waals surface area contributed by atoms with Gasteiger partial charge in [-0.05, 0) is 48.4 Å². The van der Waals surface area contributed by atoms with E-state index in [0.717, 1.165) is 26.0 Å². The minimum Gasteiger partial charge on any atom is -0.295 e. The Morgan fingerprint density at radius 1 is 0.917 bits per heavy atom. The molecular weight excluding hydrogens is 456 g/mol.